The van der Waals surface area contributed by atoms with E-state index >= 15 is 0 Å². The monoisotopic (exact) mass is 387 g/mol. The predicted octanol–water partition coefficient (Wildman–Crippen LogP) is 3.31. The molecular weight excluding hydrogens is 362 g/mol. The van der Waals surface area contributed by atoms with Crippen LogP contribution in [0, 0.1) is 13.8 Å². The zero-order valence-corrected chi connectivity index (χ0v) is 16.5. The Balaban J connectivity index is 1.89. The molecule has 1 heterocycles. The third kappa shape index (κ3) is 4.14. The summed E-state index contributed by atoms with van der Waals surface area (Å²) in [4.78, 5) is 12.9. The lowest BCUT2D eigenvalue weighted by atomic mass is 10.1. The average Bonchev–Trinajstić information content (AvgIpc) is 2.65. The Bertz CT molecular complexity index is 964. The normalized spacial score (nSPS) is 15.5. The zero-order valence-electron chi connectivity index (χ0n) is 15.7. The van der Waals surface area contributed by atoms with Crippen LogP contribution < -0.4 is 11.1 Å². The van der Waals surface area contributed by atoms with Crippen molar-refractivity contribution in [2.24, 2.45) is 0 Å². The lowest BCUT2D eigenvalue weighted by Crippen LogP contribution is -2.36. The fourth-order valence-corrected chi connectivity index (χ4v) is 5.05. The van der Waals surface area contributed by atoms with Crippen LogP contribution in [0.5, 0.6) is 0 Å². The van der Waals surface area contributed by atoms with Crippen LogP contribution in [0.3, 0.4) is 0 Å². The van der Waals surface area contributed by atoms with Gasteiger partial charge in [-0.05, 0) is 62.1 Å². The molecule has 144 valence electrons. The van der Waals surface area contributed by atoms with E-state index in [1.807, 2.05) is 6.92 Å². The van der Waals surface area contributed by atoms with E-state index in [1.54, 1.807) is 43.3 Å². The van der Waals surface area contributed by atoms with Gasteiger partial charge in [-0.25, -0.2) is 8.42 Å². The molecule has 1 fully saturated rings. The maximum absolute atomic E-state index is 13.0. The van der Waals surface area contributed by atoms with E-state index in [1.165, 1.54) is 4.31 Å². The van der Waals surface area contributed by atoms with Gasteiger partial charge < -0.3 is 11.1 Å². The molecule has 0 aromatic heterocycles. The largest absolute Gasteiger partial charge is 0.399 e. The van der Waals surface area contributed by atoms with Gasteiger partial charge in [-0.15, -0.1) is 0 Å². The van der Waals surface area contributed by atoms with Crippen molar-refractivity contribution in [2.45, 2.75) is 38.0 Å². The molecule has 3 N–H and O–H groups in total. The molecule has 1 amide bonds. The second-order valence-corrected chi connectivity index (χ2v) is 8.88. The summed E-state index contributed by atoms with van der Waals surface area (Å²) in [5.41, 5.74) is 8.66. The third-order valence-electron chi connectivity index (χ3n) is 4.89. The first kappa shape index (κ1) is 19.4. The van der Waals surface area contributed by atoms with Crippen LogP contribution in [-0.4, -0.2) is 31.7 Å². The first-order valence-corrected chi connectivity index (χ1v) is 10.5. The highest BCUT2D eigenvalue weighted by Gasteiger charge is 2.27. The van der Waals surface area contributed by atoms with Gasteiger partial charge in [-0.2, -0.15) is 4.31 Å². The van der Waals surface area contributed by atoms with Crippen molar-refractivity contribution in [2.75, 3.05) is 24.1 Å². The number of aryl methyl sites for hydroxylation is 2. The number of carbonyl (C=O) groups is 1. The Morgan fingerprint density at radius 3 is 2.37 bits per heavy atom. The van der Waals surface area contributed by atoms with E-state index in [9.17, 15) is 13.2 Å². The molecule has 6 nitrogen and oxygen atoms in total. The van der Waals surface area contributed by atoms with Crippen LogP contribution in [0.15, 0.2) is 41.3 Å². The number of anilines is 2. The summed E-state index contributed by atoms with van der Waals surface area (Å²) < 4.78 is 27.6. The predicted molar refractivity (Wildman–Crippen MR) is 107 cm³/mol. The van der Waals surface area contributed by atoms with Crippen LogP contribution in [0.4, 0.5) is 11.4 Å². The molecule has 1 aliphatic heterocycles. The molecule has 0 saturated carbocycles. The highest BCUT2D eigenvalue weighted by molar-refractivity contribution is 7.89. The summed E-state index contributed by atoms with van der Waals surface area (Å²) in [5, 5.41) is 2.79. The Labute approximate surface area is 160 Å². The summed E-state index contributed by atoms with van der Waals surface area (Å²) >= 11 is 0. The minimum Gasteiger partial charge on any atom is -0.399 e. The van der Waals surface area contributed by atoms with E-state index in [-0.39, 0.29) is 10.8 Å². The number of amides is 1. The highest BCUT2D eigenvalue weighted by Crippen LogP contribution is 2.26. The van der Waals surface area contributed by atoms with Crippen LogP contribution in [0.1, 0.15) is 40.7 Å². The van der Waals surface area contributed by atoms with Gasteiger partial charge in [-0.1, -0.05) is 18.6 Å². The van der Waals surface area contributed by atoms with Crippen LogP contribution >= 0.6 is 0 Å². The van der Waals surface area contributed by atoms with Gasteiger partial charge >= 0.3 is 0 Å². The molecule has 0 atom stereocenters. The van der Waals surface area contributed by atoms with E-state index in [0.717, 1.165) is 24.8 Å². The Kier molecular flexibility index (Phi) is 5.53. The van der Waals surface area contributed by atoms with Gasteiger partial charge in [0.2, 0.25) is 10.0 Å². The van der Waals surface area contributed by atoms with E-state index in [4.69, 9.17) is 5.73 Å². The lowest BCUT2D eigenvalue weighted by molar-refractivity contribution is 0.102. The molecule has 0 spiro atoms. The van der Waals surface area contributed by atoms with Gasteiger partial charge in [-0.3, -0.25) is 4.79 Å². The molecule has 0 aliphatic carbocycles. The number of nitrogens with one attached hydrogen (secondary N) is 1. The number of hydrogen-bond donors (Lipinski definition) is 2. The molecule has 0 unspecified atom stereocenters. The molecule has 2 aromatic carbocycles. The number of hydrogen-bond acceptors (Lipinski definition) is 4. The van der Waals surface area contributed by atoms with Crippen molar-refractivity contribution in [1.82, 2.24) is 4.31 Å². The first-order valence-electron chi connectivity index (χ1n) is 9.07. The second kappa shape index (κ2) is 7.70. The van der Waals surface area contributed by atoms with Gasteiger partial charge in [0.25, 0.3) is 5.91 Å². The summed E-state index contributed by atoms with van der Waals surface area (Å²) in [5.74, 6) is -0.315. The number of rotatable bonds is 4. The average molecular weight is 388 g/mol. The fraction of sp³-hybridized carbons (Fsp3) is 0.350. The van der Waals surface area contributed by atoms with Crippen LogP contribution in [-0.2, 0) is 10.0 Å². The molecule has 1 saturated heterocycles. The van der Waals surface area contributed by atoms with Gasteiger partial charge in [0.15, 0.2) is 0 Å². The van der Waals surface area contributed by atoms with Gasteiger partial charge in [0.1, 0.15) is 0 Å². The van der Waals surface area contributed by atoms with Crippen molar-refractivity contribution in [3.8, 4) is 0 Å². The number of nitrogens with two attached hydrogens (primary N) is 1. The number of nitrogen functional groups attached to an aromatic ring is 1. The fourth-order valence-electron chi connectivity index (χ4n) is 3.28. The van der Waals surface area contributed by atoms with E-state index in [0.29, 0.717) is 35.6 Å². The number of benzene rings is 2. The maximum Gasteiger partial charge on any atom is 0.256 e. The summed E-state index contributed by atoms with van der Waals surface area (Å²) in [6, 6.07) is 10.1. The first-order chi connectivity index (χ1) is 12.8. The van der Waals surface area contributed by atoms with E-state index < -0.39 is 10.0 Å². The van der Waals surface area contributed by atoms with Crippen LogP contribution in [0.2, 0.25) is 0 Å². The van der Waals surface area contributed by atoms with Gasteiger partial charge in [0, 0.05) is 30.0 Å². The minimum absolute atomic E-state index is 0.242. The van der Waals surface area contributed by atoms with Crippen molar-refractivity contribution in [3.05, 3.63) is 53.1 Å². The smallest absolute Gasteiger partial charge is 0.256 e. The highest BCUT2D eigenvalue weighted by atomic mass is 32.2. The quantitative estimate of drug-likeness (QED) is 0.787. The molecular formula is C20H25N3O3S. The molecule has 7 heteroatoms. The number of sulfonamides is 1. The molecule has 0 bridgehead atoms. The third-order valence-corrected chi connectivity index (χ3v) is 6.93. The number of piperidine rings is 1. The maximum atomic E-state index is 13.0. The van der Waals surface area contributed by atoms with Crippen molar-refractivity contribution in [1.29, 1.82) is 0 Å². The van der Waals surface area contributed by atoms with Crippen molar-refractivity contribution < 1.29 is 13.2 Å². The standard InChI is InChI=1S/C20H25N3O3S/c1-14-6-8-16(21)12-18(14)20(24)22-17-9-7-15(2)19(13-17)27(25,26)23-10-4-3-5-11-23/h6-9,12-13H,3-5,10-11,21H2,1-2H3,(H,22,24). The Hall–Kier alpha value is -2.38. The molecule has 3 rings (SSSR count). The number of carbonyl (C=O) groups excluding carboxylic acids is 1. The van der Waals surface area contributed by atoms with Gasteiger partial charge in [0.05, 0.1) is 4.90 Å². The topological polar surface area (TPSA) is 92.5 Å². The molecule has 2 aromatic rings. The molecule has 0 radical (unpaired) electrons. The summed E-state index contributed by atoms with van der Waals surface area (Å²) in [6.07, 6.45) is 2.81. The minimum atomic E-state index is -3.57. The Morgan fingerprint density at radius 2 is 1.67 bits per heavy atom. The van der Waals surface area contributed by atoms with Crippen molar-refractivity contribution >= 4 is 27.3 Å². The molecule has 1 aliphatic rings. The molecule has 27 heavy (non-hydrogen) atoms. The summed E-state index contributed by atoms with van der Waals surface area (Å²) in [7, 11) is -3.57. The SMILES string of the molecule is Cc1ccc(N)cc1C(=O)Nc1ccc(C)c(S(=O)(=O)N2CCCCC2)c1. The summed E-state index contributed by atoms with van der Waals surface area (Å²) in [6.45, 7) is 4.68. The van der Waals surface area contributed by atoms with Crippen molar-refractivity contribution in [3.63, 3.8) is 0 Å². The van der Waals surface area contributed by atoms with Crippen LogP contribution in [0.25, 0.3) is 0 Å². The Morgan fingerprint density at radius 1 is 1.00 bits per heavy atom. The zero-order chi connectivity index (χ0) is 19.6. The number of nitrogens with zero attached hydrogens (tertiary/aromatic N) is 1. The lowest BCUT2D eigenvalue weighted by Gasteiger charge is -2.26. The second-order valence-electron chi connectivity index (χ2n) is 6.97. The van der Waals surface area contributed by atoms with E-state index in [2.05, 4.69) is 5.32 Å².